The summed E-state index contributed by atoms with van der Waals surface area (Å²) in [6.07, 6.45) is 14.3. The van der Waals surface area contributed by atoms with Crippen LogP contribution in [0.4, 0.5) is 0 Å². The number of hydrogen-bond acceptors (Lipinski definition) is 1. The van der Waals surface area contributed by atoms with Crippen molar-refractivity contribution >= 4 is 0 Å². The molecule has 124 valence electrons. The van der Waals surface area contributed by atoms with Crippen LogP contribution in [0.2, 0.25) is 0 Å². The molecule has 0 radical (unpaired) electrons. The van der Waals surface area contributed by atoms with Crippen LogP contribution in [0.25, 0.3) is 0 Å². The van der Waals surface area contributed by atoms with E-state index in [1.165, 1.54) is 51.4 Å². The predicted octanol–water partition coefficient (Wildman–Crippen LogP) is 5.60. The molecule has 7 atom stereocenters. The molecule has 3 fully saturated rings. The Morgan fingerprint density at radius 2 is 1.86 bits per heavy atom. The second kappa shape index (κ2) is 5.10. The molecule has 22 heavy (non-hydrogen) atoms. The molecule has 0 heterocycles. The van der Waals surface area contributed by atoms with E-state index in [0.29, 0.717) is 16.9 Å². The number of fused-ring (bicyclic) bond motifs is 5. The van der Waals surface area contributed by atoms with Crippen LogP contribution in [0.5, 0.6) is 0 Å². The Labute approximate surface area is 136 Å². The Kier molecular flexibility index (Phi) is 3.53. The summed E-state index contributed by atoms with van der Waals surface area (Å²) < 4.78 is 5.68. The summed E-state index contributed by atoms with van der Waals surface area (Å²) >= 11 is 0. The van der Waals surface area contributed by atoms with Crippen LogP contribution in [-0.2, 0) is 4.74 Å². The zero-order valence-corrected chi connectivity index (χ0v) is 15.0. The molecule has 3 saturated carbocycles. The van der Waals surface area contributed by atoms with Crippen molar-refractivity contribution in [2.45, 2.75) is 78.2 Å². The lowest BCUT2D eigenvalue weighted by molar-refractivity contribution is -0.0511. The van der Waals surface area contributed by atoms with E-state index >= 15 is 0 Å². The molecule has 4 rings (SSSR count). The summed E-state index contributed by atoms with van der Waals surface area (Å²) in [7, 11) is 1.89. The van der Waals surface area contributed by atoms with Gasteiger partial charge in [0.25, 0.3) is 0 Å². The average Bonchev–Trinajstić information content (AvgIpc) is 2.82. The van der Waals surface area contributed by atoms with Crippen LogP contribution in [0.1, 0.15) is 72.1 Å². The first-order chi connectivity index (χ1) is 10.5. The Morgan fingerprint density at radius 1 is 1.05 bits per heavy atom. The number of hydrogen-bond donors (Lipinski definition) is 0. The average molecular weight is 303 g/mol. The summed E-state index contributed by atoms with van der Waals surface area (Å²) in [6, 6.07) is 0. The van der Waals surface area contributed by atoms with Crippen molar-refractivity contribution in [2.24, 2.45) is 34.5 Å². The maximum absolute atomic E-state index is 5.68. The molecule has 0 N–H and O–H groups in total. The fraction of sp³-hybridized carbons (Fsp3) is 0.905. The van der Waals surface area contributed by atoms with Gasteiger partial charge in [0, 0.05) is 7.11 Å². The molecule has 1 heteroatoms. The predicted molar refractivity (Wildman–Crippen MR) is 91.7 cm³/mol. The minimum Gasteiger partial charge on any atom is -0.381 e. The third kappa shape index (κ3) is 1.93. The van der Waals surface area contributed by atoms with Crippen molar-refractivity contribution in [1.29, 1.82) is 0 Å². The Hall–Kier alpha value is -0.300. The van der Waals surface area contributed by atoms with Gasteiger partial charge >= 0.3 is 0 Å². The molecule has 0 saturated heterocycles. The maximum Gasteiger partial charge on any atom is 0.0608 e. The quantitative estimate of drug-likeness (QED) is 0.573. The second-order valence-corrected chi connectivity index (χ2v) is 9.38. The number of ether oxygens (including phenoxy) is 1. The smallest absolute Gasteiger partial charge is 0.0608 e. The minimum atomic E-state index is 0.483. The van der Waals surface area contributed by atoms with E-state index in [1.807, 2.05) is 7.11 Å². The summed E-state index contributed by atoms with van der Waals surface area (Å²) in [6.45, 7) is 7.74. The first-order valence-electron chi connectivity index (χ1n) is 9.71. The van der Waals surface area contributed by atoms with Gasteiger partial charge in [-0.3, -0.25) is 0 Å². The highest BCUT2D eigenvalue weighted by atomic mass is 16.5. The van der Waals surface area contributed by atoms with E-state index in [2.05, 4.69) is 26.8 Å². The van der Waals surface area contributed by atoms with Crippen molar-refractivity contribution in [3.05, 3.63) is 11.6 Å². The van der Waals surface area contributed by atoms with Crippen molar-refractivity contribution in [2.75, 3.05) is 7.11 Å². The van der Waals surface area contributed by atoms with Crippen LogP contribution in [0.3, 0.4) is 0 Å². The van der Waals surface area contributed by atoms with Gasteiger partial charge in [-0.15, -0.1) is 0 Å². The van der Waals surface area contributed by atoms with Gasteiger partial charge in [-0.25, -0.2) is 0 Å². The zero-order valence-electron chi connectivity index (χ0n) is 15.0. The van der Waals surface area contributed by atoms with Gasteiger partial charge in [0.05, 0.1) is 6.10 Å². The lowest BCUT2D eigenvalue weighted by Gasteiger charge is -2.58. The second-order valence-electron chi connectivity index (χ2n) is 9.38. The topological polar surface area (TPSA) is 9.23 Å². The molecular formula is C21H34O. The summed E-state index contributed by atoms with van der Waals surface area (Å²) in [4.78, 5) is 0. The third-order valence-electron chi connectivity index (χ3n) is 8.87. The van der Waals surface area contributed by atoms with Crippen molar-refractivity contribution < 1.29 is 4.74 Å². The lowest BCUT2D eigenvalue weighted by atomic mass is 9.47. The number of rotatable bonds is 1. The normalized spacial score (nSPS) is 54.2. The van der Waals surface area contributed by atoms with E-state index in [0.717, 1.165) is 23.7 Å². The first kappa shape index (κ1) is 15.2. The number of allylic oxidation sites excluding steroid dienone is 1. The molecule has 0 aromatic heterocycles. The van der Waals surface area contributed by atoms with E-state index in [9.17, 15) is 0 Å². The third-order valence-corrected chi connectivity index (χ3v) is 8.87. The first-order valence-corrected chi connectivity index (χ1v) is 9.71. The molecule has 1 nitrogen and oxygen atoms in total. The highest BCUT2D eigenvalue weighted by Crippen LogP contribution is 2.66. The SMILES string of the molecule is CO[C@H]1CC[C@@]2(C)C(=CC[C@@H]3C2CC[C@@]2(C)C3CC[C@@H]2C)C1. The van der Waals surface area contributed by atoms with E-state index < -0.39 is 0 Å². The Morgan fingerprint density at radius 3 is 2.64 bits per heavy atom. The van der Waals surface area contributed by atoms with Gasteiger partial charge in [-0.1, -0.05) is 32.4 Å². The molecular weight excluding hydrogens is 268 g/mol. The molecule has 0 spiro atoms. The Bertz CT molecular complexity index is 480. The van der Waals surface area contributed by atoms with E-state index in [4.69, 9.17) is 4.74 Å². The molecule has 0 bridgehead atoms. The van der Waals surface area contributed by atoms with Gasteiger partial charge in [-0.05, 0) is 85.9 Å². The molecule has 0 aromatic rings. The lowest BCUT2D eigenvalue weighted by Crippen LogP contribution is -2.50. The minimum absolute atomic E-state index is 0.483. The van der Waals surface area contributed by atoms with Crippen molar-refractivity contribution in [1.82, 2.24) is 0 Å². The van der Waals surface area contributed by atoms with Gasteiger partial charge in [0.1, 0.15) is 0 Å². The zero-order chi connectivity index (χ0) is 15.5. The van der Waals surface area contributed by atoms with Crippen LogP contribution >= 0.6 is 0 Å². The standard InChI is InChI=1S/C21H34O/c1-14-5-8-18-17-7-6-15-13-16(22-4)9-11-21(15,3)19(17)10-12-20(14,18)2/h6,14,16-19H,5,7-13H2,1-4H3/t14-,16-,17-,18?,19?,20+,21-/m0/s1. The van der Waals surface area contributed by atoms with Gasteiger partial charge in [-0.2, -0.15) is 0 Å². The number of methoxy groups -OCH3 is 1. The van der Waals surface area contributed by atoms with Gasteiger partial charge in [0.2, 0.25) is 0 Å². The van der Waals surface area contributed by atoms with E-state index in [1.54, 1.807) is 5.57 Å². The Balaban J connectivity index is 1.64. The largest absolute Gasteiger partial charge is 0.381 e. The fourth-order valence-corrected chi connectivity index (χ4v) is 7.09. The highest BCUT2D eigenvalue weighted by Gasteiger charge is 2.57. The van der Waals surface area contributed by atoms with Crippen LogP contribution < -0.4 is 0 Å². The van der Waals surface area contributed by atoms with Crippen LogP contribution in [0, 0.1) is 34.5 Å². The molecule has 0 aromatic carbocycles. The summed E-state index contributed by atoms with van der Waals surface area (Å²) in [5.74, 6) is 3.86. The monoisotopic (exact) mass is 302 g/mol. The maximum atomic E-state index is 5.68. The molecule has 0 aliphatic heterocycles. The fourth-order valence-electron chi connectivity index (χ4n) is 7.09. The summed E-state index contributed by atoms with van der Waals surface area (Å²) in [5, 5.41) is 0. The molecule has 2 unspecified atom stereocenters. The van der Waals surface area contributed by atoms with E-state index in [-0.39, 0.29) is 0 Å². The molecule has 4 aliphatic carbocycles. The van der Waals surface area contributed by atoms with Gasteiger partial charge in [0.15, 0.2) is 0 Å². The molecule has 4 aliphatic rings. The van der Waals surface area contributed by atoms with Crippen LogP contribution in [-0.4, -0.2) is 13.2 Å². The van der Waals surface area contributed by atoms with Gasteiger partial charge < -0.3 is 4.74 Å². The van der Waals surface area contributed by atoms with Crippen molar-refractivity contribution in [3.63, 3.8) is 0 Å². The summed E-state index contributed by atoms with van der Waals surface area (Å²) in [5.41, 5.74) is 2.89. The van der Waals surface area contributed by atoms with Crippen molar-refractivity contribution in [3.8, 4) is 0 Å². The van der Waals surface area contributed by atoms with Crippen LogP contribution in [0.15, 0.2) is 11.6 Å². The molecule has 0 amide bonds. The highest BCUT2D eigenvalue weighted by molar-refractivity contribution is 5.25.